The van der Waals surface area contributed by atoms with Crippen molar-refractivity contribution in [3.05, 3.63) is 65.7 Å². The van der Waals surface area contributed by atoms with Crippen LogP contribution in [0.15, 0.2) is 54.6 Å². The molecule has 0 heterocycles. The highest BCUT2D eigenvalue weighted by Gasteiger charge is 2.17. The molecule has 51 heavy (non-hydrogen) atoms. The molecule has 0 radical (unpaired) electrons. The summed E-state index contributed by atoms with van der Waals surface area (Å²) in [7, 11) is 0. The first-order valence-corrected chi connectivity index (χ1v) is 17.5. The number of ether oxygens (including phenoxy) is 10. The molecule has 1 N–H and O–H groups in total. The van der Waals surface area contributed by atoms with Crippen molar-refractivity contribution in [1.29, 1.82) is 0 Å². The van der Waals surface area contributed by atoms with Gasteiger partial charge in [0.15, 0.2) is 0 Å². The lowest BCUT2D eigenvalue weighted by Crippen LogP contribution is -2.20. The molecule has 14 heteroatoms. The average Bonchev–Trinajstić information content (AvgIpc) is 3.16. The minimum Gasteiger partial charge on any atom is -0.460 e. The van der Waals surface area contributed by atoms with Gasteiger partial charge in [0.05, 0.1) is 111 Å². The third-order valence-corrected chi connectivity index (χ3v) is 6.73. The molecule has 0 aromatic heterocycles. The fourth-order valence-electron chi connectivity index (χ4n) is 4.02. The number of ketones is 1. The average molecular weight is 722 g/mol. The van der Waals surface area contributed by atoms with Gasteiger partial charge < -0.3 is 52.7 Å². The molecule has 2 aromatic rings. The normalized spacial score (nSPS) is 11.0. The van der Waals surface area contributed by atoms with E-state index in [1.54, 1.807) is 42.5 Å². The molecule has 0 aliphatic heterocycles. The van der Waals surface area contributed by atoms with E-state index >= 15 is 0 Å². The maximum Gasteiger partial charge on any atom is 0.379 e. The van der Waals surface area contributed by atoms with E-state index in [-0.39, 0.29) is 25.8 Å². The first-order valence-electron chi connectivity index (χ1n) is 17.5. The van der Waals surface area contributed by atoms with Crippen LogP contribution in [0.25, 0.3) is 0 Å². The highest BCUT2D eigenvalue weighted by atomic mass is 16.6. The van der Waals surface area contributed by atoms with Crippen LogP contribution < -0.4 is 5.32 Å². The molecule has 2 rings (SSSR count). The first kappa shape index (κ1) is 43.7. The molecule has 0 aliphatic carbocycles. The minimum absolute atomic E-state index is 0.00807. The number of unbranched alkanes of at least 4 members (excludes halogenated alkanes) is 1. The summed E-state index contributed by atoms with van der Waals surface area (Å²) in [4.78, 5) is 35.8. The quantitative estimate of drug-likeness (QED) is 0.0484. The van der Waals surface area contributed by atoms with E-state index in [9.17, 15) is 14.4 Å². The Kier molecular flexibility index (Phi) is 26.8. The molecular weight excluding hydrogens is 666 g/mol. The number of carbonyl (C=O) groups excluding carboxylic acids is 3. The molecule has 2 aromatic carbocycles. The highest BCUT2D eigenvalue weighted by Crippen LogP contribution is 2.11. The van der Waals surface area contributed by atoms with Gasteiger partial charge in [0.2, 0.25) is 0 Å². The van der Waals surface area contributed by atoms with Gasteiger partial charge in [-0.1, -0.05) is 43.7 Å². The topological polar surface area (TPSA) is 156 Å². The summed E-state index contributed by atoms with van der Waals surface area (Å²) in [6.07, 6.45) is 2.23. The Bertz CT molecular complexity index is 1150. The van der Waals surface area contributed by atoms with Crippen molar-refractivity contribution in [2.24, 2.45) is 0 Å². The van der Waals surface area contributed by atoms with E-state index in [2.05, 4.69) is 12.2 Å². The van der Waals surface area contributed by atoms with Crippen molar-refractivity contribution in [1.82, 2.24) is 0 Å². The zero-order valence-electron chi connectivity index (χ0n) is 29.9. The number of hydrogen-bond donors (Lipinski definition) is 1. The van der Waals surface area contributed by atoms with Gasteiger partial charge in [0, 0.05) is 17.8 Å². The van der Waals surface area contributed by atoms with E-state index in [1.165, 1.54) is 0 Å². The summed E-state index contributed by atoms with van der Waals surface area (Å²) < 4.78 is 53.7. The zero-order chi connectivity index (χ0) is 36.5. The second kappa shape index (κ2) is 31.3. The molecule has 0 aliphatic rings. The predicted octanol–water partition coefficient (Wildman–Crippen LogP) is 3.61. The lowest BCUT2D eigenvalue weighted by molar-refractivity contribution is -0.139. The van der Waals surface area contributed by atoms with Gasteiger partial charge in [-0.05, 0) is 30.7 Å². The van der Waals surface area contributed by atoms with E-state index in [0.29, 0.717) is 110 Å². The Balaban J connectivity index is 1.21. The number of carbonyl (C=O) groups is 3. The molecule has 0 bridgehead atoms. The van der Waals surface area contributed by atoms with Gasteiger partial charge in [-0.25, -0.2) is 9.59 Å². The van der Waals surface area contributed by atoms with Crippen molar-refractivity contribution in [2.75, 3.05) is 131 Å². The molecule has 0 saturated heterocycles. The lowest BCUT2D eigenvalue weighted by Gasteiger charge is -2.09. The summed E-state index contributed by atoms with van der Waals surface area (Å²) in [5.74, 6) is -1.95. The molecule has 0 saturated carbocycles. The molecule has 0 unspecified atom stereocenters. The van der Waals surface area contributed by atoms with Crippen LogP contribution in [0.5, 0.6) is 0 Å². The second-order valence-electron chi connectivity index (χ2n) is 10.7. The monoisotopic (exact) mass is 721 g/mol. The summed E-state index contributed by atoms with van der Waals surface area (Å²) in [5, 5.41) is 3.31. The smallest absolute Gasteiger partial charge is 0.379 e. The number of nitrogens with one attached hydrogen (secondary N) is 1. The second-order valence-corrected chi connectivity index (χ2v) is 10.7. The molecular formula is C37H55NO13. The van der Waals surface area contributed by atoms with Gasteiger partial charge in [-0.3, -0.25) is 4.79 Å². The number of esters is 2. The Morgan fingerprint density at radius 1 is 0.471 bits per heavy atom. The van der Waals surface area contributed by atoms with Crippen LogP contribution in [0.2, 0.25) is 0 Å². The Hall–Kier alpha value is -3.47. The summed E-state index contributed by atoms with van der Waals surface area (Å²) in [6, 6.07) is 15.5. The SMILES string of the molecule is CCCCNc1ccc(C(=O)OCCOCCOCCOCCOCCOCCOCCOCCOCCOC(=O)C(=O)c2ccccc2)cc1. The van der Waals surface area contributed by atoms with Crippen LogP contribution in [0.4, 0.5) is 5.69 Å². The van der Waals surface area contributed by atoms with Gasteiger partial charge in [0.1, 0.15) is 13.2 Å². The van der Waals surface area contributed by atoms with Crippen LogP contribution in [0, 0.1) is 0 Å². The standard InChI is InChI=1S/C37H55NO13/c1-2-3-13-38-34-11-9-33(10-12-34)36(40)50-30-28-48-26-24-46-22-20-44-18-16-42-14-15-43-17-19-45-21-23-47-25-27-49-29-31-51-37(41)35(39)32-7-5-4-6-8-32/h4-12,38H,2-3,13-31H2,1H3. The molecule has 0 spiro atoms. The van der Waals surface area contributed by atoms with E-state index in [1.807, 2.05) is 12.1 Å². The van der Waals surface area contributed by atoms with Crippen LogP contribution in [0.3, 0.4) is 0 Å². The van der Waals surface area contributed by atoms with E-state index in [4.69, 9.17) is 47.4 Å². The van der Waals surface area contributed by atoms with Crippen LogP contribution in [0.1, 0.15) is 40.5 Å². The van der Waals surface area contributed by atoms with Crippen LogP contribution in [-0.2, 0) is 52.2 Å². The Morgan fingerprint density at radius 3 is 1.27 bits per heavy atom. The third kappa shape index (κ3) is 23.6. The Labute approximate surface area is 301 Å². The predicted molar refractivity (Wildman–Crippen MR) is 188 cm³/mol. The molecule has 0 atom stereocenters. The fourth-order valence-corrected chi connectivity index (χ4v) is 4.02. The van der Waals surface area contributed by atoms with Gasteiger partial charge in [0.25, 0.3) is 5.78 Å². The highest BCUT2D eigenvalue weighted by molar-refractivity contribution is 6.40. The van der Waals surface area contributed by atoms with Crippen molar-refractivity contribution in [3.8, 4) is 0 Å². The summed E-state index contributed by atoms with van der Waals surface area (Å²) in [5.41, 5.74) is 1.79. The number of Topliss-reactive ketones (excluding diaryl/α,β-unsaturated/α-hetero) is 1. The van der Waals surface area contributed by atoms with Crippen molar-refractivity contribution >= 4 is 23.4 Å². The zero-order valence-corrected chi connectivity index (χ0v) is 29.9. The van der Waals surface area contributed by atoms with E-state index < -0.39 is 11.8 Å². The van der Waals surface area contributed by atoms with Gasteiger partial charge >= 0.3 is 11.9 Å². The number of anilines is 1. The van der Waals surface area contributed by atoms with Crippen molar-refractivity contribution < 1.29 is 61.8 Å². The molecule has 0 amide bonds. The van der Waals surface area contributed by atoms with E-state index in [0.717, 1.165) is 25.1 Å². The number of rotatable bonds is 34. The van der Waals surface area contributed by atoms with Crippen molar-refractivity contribution in [2.45, 2.75) is 19.8 Å². The minimum atomic E-state index is -0.901. The van der Waals surface area contributed by atoms with Crippen molar-refractivity contribution in [3.63, 3.8) is 0 Å². The third-order valence-electron chi connectivity index (χ3n) is 6.73. The molecule has 286 valence electrons. The number of benzene rings is 2. The Morgan fingerprint density at radius 2 is 0.863 bits per heavy atom. The summed E-state index contributed by atoms with van der Waals surface area (Å²) >= 11 is 0. The fraction of sp³-hybridized carbons (Fsp3) is 0.595. The number of hydrogen-bond acceptors (Lipinski definition) is 14. The summed E-state index contributed by atoms with van der Waals surface area (Å²) in [6.45, 7) is 9.70. The largest absolute Gasteiger partial charge is 0.460 e. The maximum atomic E-state index is 12.1. The van der Waals surface area contributed by atoms with Gasteiger partial charge in [-0.15, -0.1) is 0 Å². The molecule has 0 fully saturated rings. The lowest BCUT2D eigenvalue weighted by atomic mass is 10.1. The maximum absolute atomic E-state index is 12.1. The molecule has 14 nitrogen and oxygen atoms in total. The van der Waals surface area contributed by atoms with Gasteiger partial charge in [-0.2, -0.15) is 0 Å². The van der Waals surface area contributed by atoms with Crippen LogP contribution >= 0.6 is 0 Å². The first-order chi connectivity index (χ1) is 25.1. The van der Waals surface area contributed by atoms with Crippen LogP contribution in [-0.4, -0.2) is 143 Å².